The average Bonchev–Trinajstić information content (AvgIpc) is 3.28. The van der Waals surface area contributed by atoms with Crippen molar-refractivity contribution in [2.75, 3.05) is 0 Å². The van der Waals surface area contributed by atoms with E-state index in [1.54, 1.807) is 0 Å². The first-order valence-corrected chi connectivity index (χ1v) is 13.8. The van der Waals surface area contributed by atoms with Gasteiger partial charge < -0.3 is 0 Å². The molecule has 194 valence electrons. The lowest BCUT2D eigenvalue weighted by molar-refractivity contribution is 0.664. The molecule has 2 heterocycles. The first-order valence-electron chi connectivity index (χ1n) is 13.8. The molecule has 0 spiro atoms. The largest absolute Gasteiger partial charge is 0.264 e. The maximum Gasteiger partial charge on any atom is 0.187 e. The lowest BCUT2D eigenvalue weighted by atomic mass is 9.76. The van der Waals surface area contributed by atoms with Gasteiger partial charge in [-0.1, -0.05) is 86.6 Å². The van der Waals surface area contributed by atoms with Crippen LogP contribution in [0.3, 0.4) is 0 Å². The summed E-state index contributed by atoms with van der Waals surface area (Å²) in [7, 11) is 0. The second-order valence-corrected chi connectivity index (χ2v) is 11.0. The quantitative estimate of drug-likeness (QED) is 0.214. The van der Waals surface area contributed by atoms with Crippen molar-refractivity contribution < 1.29 is 0 Å². The Bertz CT molecular complexity index is 1890. The fourth-order valence-corrected chi connectivity index (χ4v) is 6.41. The summed E-state index contributed by atoms with van der Waals surface area (Å²) in [4.78, 5) is 12.4. The molecule has 6 aromatic rings. The van der Waals surface area contributed by atoms with Crippen LogP contribution in [0.4, 0.5) is 5.69 Å². The summed E-state index contributed by atoms with van der Waals surface area (Å²) in [6.07, 6.45) is 7.47. The maximum absolute atomic E-state index is 7.36. The lowest BCUT2D eigenvalue weighted by Gasteiger charge is -2.27. The van der Waals surface area contributed by atoms with E-state index in [0.29, 0.717) is 5.69 Å². The number of hydrogen-bond donors (Lipinski definition) is 0. The van der Waals surface area contributed by atoms with Gasteiger partial charge in [0.1, 0.15) is 0 Å². The number of hydrogen-bond acceptors (Lipinski definition) is 2. The van der Waals surface area contributed by atoms with Gasteiger partial charge in [0.2, 0.25) is 0 Å². The normalized spacial score (nSPS) is 12.8. The average molecular weight is 526 g/mol. The van der Waals surface area contributed by atoms with Crippen LogP contribution in [0.1, 0.15) is 25.0 Å². The molecule has 0 saturated heterocycles. The maximum atomic E-state index is 7.36. The molecule has 1 aliphatic rings. The molecule has 4 aromatic carbocycles. The van der Waals surface area contributed by atoms with Crippen molar-refractivity contribution in [1.29, 1.82) is 0 Å². The van der Waals surface area contributed by atoms with Crippen LogP contribution in [0.15, 0.2) is 128 Å². The molecular weight excluding hydrogens is 498 g/mol. The summed E-state index contributed by atoms with van der Waals surface area (Å²) in [5.41, 5.74) is 14.8. The van der Waals surface area contributed by atoms with Crippen LogP contribution in [0, 0.1) is 6.57 Å². The molecule has 0 saturated carbocycles. The number of rotatable bonds is 4. The van der Waals surface area contributed by atoms with E-state index >= 15 is 0 Å². The van der Waals surface area contributed by atoms with Crippen molar-refractivity contribution in [3.63, 3.8) is 0 Å². The third kappa shape index (κ3) is 4.13. The van der Waals surface area contributed by atoms with Gasteiger partial charge in [-0.25, -0.2) is 4.85 Å². The molecule has 0 unspecified atom stereocenters. The fraction of sp³-hybridized carbons (Fsp3) is 0.0789. The predicted molar refractivity (Wildman–Crippen MR) is 168 cm³/mol. The van der Waals surface area contributed by atoms with E-state index in [0.717, 1.165) is 27.8 Å². The molecular formula is C38H27N3. The summed E-state index contributed by atoms with van der Waals surface area (Å²) in [5.74, 6) is 0. The zero-order chi connectivity index (χ0) is 28.0. The van der Waals surface area contributed by atoms with Crippen molar-refractivity contribution in [3.05, 3.63) is 150 Å². The van der Waals surface area contributed by atoms with Gasteiger partial charge in [0, 0.05) is 41.3 Å². The molecule has 1 aliphatic carbocycles. The smallest absolute Gasteiger partial charge is 0.187 e. The van der Waals surface area contributed by atoms with Crippen LogP contribution in [-0.2, 0) is 5.41 Å². The molecule has 7 rings (SSSR count). The first kappa shape index (κ1) is 24.7. The summed E-state index contributed by atoms with van der Waals surface area (Å²) in [6.45, 7) is 12.0. The van der Waals surface area contributed by atoms with Crippen LogP contribution < -0.4 is 0 Å². The van der Waals surface area contributed by atoms with E-state index in [2.05, 4.69) is 108 Å². The zero-order valence-electron chi connectivity index (χ0n) is 23.0. The molecule has 0 N–H and O–H groups in total. The molecule has 0 atom stereocenters. The Kier molecular flexibility index (Phi) is 5.84. The van der Waals surface area contributed by atoms with E-state index in [1.165, 1.54) is 38.9 Å². The molecule has 0 radical (unpaired) electrons. The van der Waals surface area contributed by atoms with Gasteiger partial charge in [-0.15, -0.1) is 0 Å². The highest BCUT2D eigenvalue weighted by molar-refractivity contribution is 5.94. The van der Waals surface area contributed by atoms with E-state index in [1.807, 2.05) is 49.1 Å². The van der Waals surface area contributed by atoms with Gasteiger partial charge in [0.15, 0.2) is 5.69 Å². The van der Waals surface area contributed by atoms with E-state index in [9.17, 15) is 0 Å². The van der Waals surface area contributed by atoms with Crippen LogP contribution >= 0.6 is 0 Å². The van der Waals surface area contributed by atoms with Crippen LogP contribution in [0.25, 0.3) is 60.5 Å². The Morgan fingerprint density at radius 3 is 1.49 bits per heavy atom. The first-order chi connectivity index (χ1) is 20.0. The third-order valence-corrected chi connectivity index (χ3v) is 8.21. The summed E-state index contributed by atoms with van der Waals surface area (Å²) >= 11 is 0. The number of nitrogens with zero attached hydrogens (tertiary/aromatic N) is 3. The number of pyridine rings is 2. The minimum Gasteiger partial charge on any atom is -0.264 e. The molecule has 41 heavy (non-hydrogen) atoms. The van der Waals surface area contributed by atoms with Crippen molar-refractivity contribution >= 4 is 5.69 Å². The summed E-state index contributed by atoms with van der Waals surface area (Å²) < 4.78 is 0. The lowest BCUT2D eigenvalue weighted by Crippen LogP contribution is -2.17. The van der Waals surface area contributed by atoms with Gasteiger partial charge in [0.25, 0.3) is 0 Å². The second kappa shape index (κ2) is 9.70. The Balaban J connectivity index is 1.44. The van der Waals surface area contributed by atoms with Crippen molar-refractivity contribution in [3.8, 4) is 55.6 Å². The van der Waals surface area contributed by atoms with Crippen LogP contribution in [-0.4, -0.2) is 9.97 Å². The van der Waals surface area contributed by atoms with Gasteiger partial charge in [-0.05, 0) is 86.0 Å². The monoisotopic (exact) mass is 525 g/mol. The molecule has 3 nitrogen and oxygen atoms in total. The number of benzene rings is 4. The van der Waals surface area contributed by atoms with Crippen LogP contribution in [0.5, 0.6) is 0 Å². The van der Waals surface area contributed by atoms with Crippen LogP contribution in [0.2, 0.25) is 0 Å². The van der Waals surface area contributed by atoms with Gasteiger partial charge >= 0.3 is 0 Å². The molecule has 2 aromatic heterocycles. The highest BCUT2D eigenvalue weighted by atomic mass is 14.6. The molecule has 0 fully saturated rings. The standard InChI is InChI=1S/C38H27N3/c1-38(2)36-32(25-14-16-31(39-3)17-15-25)10-4-12-34(36)35-13-5-11-33(37(35)38)30-21-28(26-8-6-18-40-23-26)20-29(22-30)27-9-7-19-41-24-27/h4-24H,1-2H3. The van der Waals surface area contributed by atoms with E-state index < -0.39 is 0 Å². The van der Waals surface area contributed by atoms with Crippen molar-refractivity contribution in [2.24, 2.45) is 0 Å². The molecule has 0 aliphatic heterocycles. The SMILES string of the molecule is [C-]#[N+]c1ccc(-c2cccc3c2C(C)(C)c2c(-c4cc(-c5cccnc5)cc(-c5cccnc5)c4)cccc2-3)cc1. The van der Waals surface area contributed by atoms with Gasteiger partial charge in [-0.3, -0.25) is 9.97 Å². The van der Waals surface area contributed by atoms with Crippen molar-refractivity contribution in [1.82, 2.24) is 9.97 Å². The molecule has 0 amide bonds. The highest BCUT2D eigenvalue weighted by Gasteiger charge is 2.39. The predicted octanol–water partition coefficient (Wildman–Crippen LogP) is 10.0. The summed E-state index contributed by atoms with van der Waals surface area (Å²) in [5, 5.41) is 0. The van der Waals surface area contributed by atoms with E-state index in [4.69, 9.17) is 6.57 Å². The van der Waals surface area contributed by atoms with E-state index in [-0.39, 0.29) is 5.41 Å². The fourth-order valence-electron chi connectivity index (χ4n) is 6.41. The van der Waals surface area contributed by atoms with Gasteiger partial charge in [0.05, 0.1) is 6.57 Å². The third-order valence-electron chi connectivity index (χ3n) is 8.21. The second-order valence-electron chi connectivity index (χ2n) is 11.0. The summed E-state index contributed by atoms with van der Waals surface area (Å²) in [6, 6.07) is 36.2. The highest BCUT2D eigenvalue weighted by Crippen LogP contribution is 2.55. The molecule has 0 bridgehead atoms. The Hall–Kier alpha value is -5.33. The Morgan fingerprint density at radius 1 is 0.512 bits per heavy atom. The topological polar surface area (TPSA) is 30.1 Å². The zero-order valence-corrected chi connectivity index (χ0v) is 23.0. The number of aromatic nitrogens is 2. The Morgan fingerprint density at radius 2 is 1.00 bits per heavy atom. The number of fused-ring (bicyclic) bond motifs is 3. The molecule has 3 heteroatoms. The Labute approximate surface area is 240 Å². The minimum absolute atomic E-state index is 0.241. The van der Waals surface area contributed by atoms with Crippen molar-refractivity contribution in [2.45, 2.75) is 19.3 Å². The minimum atomic E-state index is -0.241. The van der Waals surface area contributed by atoms with Gasteiger partial charge in [-0.2, -0.15) is 0 Å².